The zero-order valence-electron chi connectivity index (χ0n) is 15.4. The Hall–Kier alpha value is -3.81. The summed E-state index contributed by atoms with van der Waals surface area (Å²) in [4.78, 5) is 39.1. The van der Waals surface area contributed by atoms with Gasteiger partial charge in [0, 0.05) is 5.39 Å². The van der Waals surface area contributed by atoms with Gasteiger partial charge in [0.25, 0.3) is 5.91 Å². The van der Waals surface area contributed by atoms with E-state index in [4.69, 9.17) is 13.9 Å². The van der Waals surface area contributed by atoms with Gasteiger partial charge in [0.15, 0.2) is 17.3 Å². The molecule has 1 aromatic heterocycles. The van der Waals surface area contributed by atoms with E-state index in [2.05, 4.69) is 5.32 Å². The van der Waals surface area contributed by atoms with Crippen LogP contribution in [0.4, 0.5) is 4.79 Å². The van der Waals surface area contributed by atoms with Crippen molar-refractivity contribution >= 4 is 28.7 Å². The summed E-state index contributed by atoms with van der Waals surface area (Å²) in [5.41, 5.74) is -0.205. The maximum atomic E-state index is 13.1. The summed E-state index contributed by atoms with van der Waals surface area (Å²) in [7, 11) is 0. The van der Waals surface area contributed by atoms with Gasteiger partial charge in [-0.3, -0.25) is 14.5 Å². The van der Waals surface area contributed by atoms with Crippen LogP contribution in [0.5, 0.6) is 11.5 Å². The van der Waals surface area contributed by atoms with E-state index >= 15 is 0 Å². The van der Waals surface area contributed by atoms with Crippen molar-refractivity contribution in [2.24, 2.45) is 0 Å². The topological polar surface area (TPSA) is 98.1 Å². The van der Waals surface area contributed by atoms with Crippen molar-refractivity contribution < 1.29 is 28.3 Å². The number of benzene rings is 2. The molecule has 0 bridgehead atoms. The Kier molecular flexibility index (Phi) is 3.64. The average molecular weight is 392 g/mol. The molecule has 0 radical (unpaired) electrons. The molecule has 5 rings (SSSR count). The average Bonchev–Trinajstić information content (AvgIpc) is 3.41. The molecule has 2 aromatic carbocycles. The summed E-state index contributed by atoms with van der Waals surface area (Å²) in [6, 6.07) is 13.2. The van der Waals surface area contributed by atoms with E-state index in [1.807, 2.05) is 12.1 Å². The molecule has 2 aliphatic rings. The first-order valence-electron chi connectivity index (χ1n) is 9.02. The molecule has 3 amide bonds. The normalized spacial score (nSPS) is 20.4. The van der Waals surface area contributed by atoms with E-state index in [1.165, 1.54) is 0 Å². The van der Waals surface area contributed by atoms with Gasteiger partial charge in [0.1, 0.15) is 11.1 Å². The van der Waals surface area contributed by atoms with Crippen molar-refractivity contribution in [3.05, 3.63) is 59.9 Å². The van der Waals surface area contributed by atoms with E-state index in [9.17, 15) is 14.4 Å². The third kappa shape index (κ3) is 2.64. The molecule has 2 aliphatic heterocycles. The minimum absolute atomic E-state index is 0.100. The number of fused-ring (bicyclic) bond motifs is 2. The van der Waals surface area contributed by atoms with Crippen molar-refractivity contribution in [2.75, 3.05) is 13.3 Å². The van der Waals surface area contributed by atoms with E-state index in [0.717, 1.165) is 10.3 Å². The van der Waals surface area contributed by atoms with Crippen LogP contribution in [0.1, 0.15) is 23.0 Å². The fourth-order valence-corrected chi connectivity index (χ4v) is 3.58. The molecule has 8 heteroatoms. The molecule has 1 N–H and O–H groups in total. The minimum atomic E-state index is -1.31. The molecule has 8 nitrogen and oxygen atoms in total. The van der Waals surface area contributed by atoms with Gasteiger partial charge in [-0.1, -0.05) is 24.3 Å². The van der Waals surface area contributed by atoms with E-state index < -0.39 is 29.8 Å². The van der Waals surface area contributed by atoms with Gasteiger partial charge in [-0.2, -0.15) is 0 Å². The number of hydrogen-bond acceptors (Lipinski definition) is 6. The number of nitrogens with zero attached hydrogens (tertiary/aromatic N) is 1. The quantitative estimate of drug-likeness (QED) is 0.542. The molecule has 0 aliphatic carbocycles. The fraction of sp³-hybridized carbons (Fsp3) is 0.190. The van der Waals surface area contributed by atoms with Crippen LogP contribution in [0.3, 0.4) is 0 Å². The van der Waals surface area contributed by atoms with Gasteiger partial charge < -0.3 is 19.2 Å². The van der Waals surface area contributed by atoms with Gasteiger partial charge in [-0.25, -0.2) is 4.79 Å². The molecule has 3 aromatic rings. The lowest BCUT2D eigenvalue weighted by Crippen LogP contribution is -2.41. The number of nitrogens with one attached hydrogen (secondary N) is 1. The van der Waals surface area contributed by atoms with E-state index in [0.29, 0.717) is 22.6 Å². The minimum Gasteiger partial charge on any atom is -0.454 e. The Bertz CT molecular complexity index is 1150. The summed E-state index contributed by atoms with van der Waals surface area (Å²) in [5, 5.41) is 3.46. The van der Waals surface area contributed by atoms with Gasteiger partial charge in [0.05, 0.1) is 6.54 Å². The number of hydrogen-bond donors (Lipinski definition) is 1. The van der Waals surface area contributed by atoms with Crippen LogP contribution in [0.15, 0.2) is 52.9 Å². The number of Topliss-reactive ketones (excluding diaryl/α,β-unsaturated/α-hetero) is 1. The molecule has 3 heterocycles. The maximum Gasteiger partial charge on any atom is 0.325 e. The van der Waals surface area contributed by atoms with Crippen LogP contribution in [-0.2, 0) is 10.3 Å². The number of rotatable bonds is 4. The zero-order chi connectivity index (χ0) is 20.2. The Morgan fingerprint density at radius 2 is 1.90 bits per heavy atom. The van der Waals surface area contributed by atoms with Crippen molar-refractivity contribution in [1.29, 1.82) is 0 Å². The molecule has 0 spiro atoms. The highest BCUT2D eigenvalue weighted by Crippen LogP contribution is 2.37. The molecular weight excluding hydrogens is 376 g/mol. The highest BCUT2D eigenvalue weighted by Gasteiger charge is 2.50. The molecule has 0 saturated carbocycles. The molecule has 146 valence electrons. The number of urea groups is 1. The Morgan fingerprint density at radius 1 is 1.10 bits per heavy atom. The van der Waals surface area contributed by atoms with Gasteiger partial charge >= 0.3 is 6.03 Å². The Morgan fingerprint density at radius 3 is 2.72 bits per heavy atom. The number of amides is 3. The number of carbonyl (C=O) groups is 3. The van der Waals surface area contributed by atoms with Crippen LogP contribution in [0.25, 0.3) is 11.0 Å². The molecule has 29 heavy (non-hydrogen) atoms. The highest BCUT2D eigenvalue weighted by atomic mass is 16.7. The molecular formula is C21H16N2O6. The standard InChI is InChI=1S/C21H16N2O6/c1-21(13-6-7-16-18(9-13)28-11-27-16)19(25)23(20(26)22-21)10-14(24)17-8-12-4-2-3-5-15(12)29-17/h2-9H,10-11H2,1H3,(H,22,26)/t21-/m1/s1. The SMILES string of the molecule is C[C@]1(c2ccc3c(c2)OCO3)NC(=O)N(CC(=O)c2cc3ccccc3o2)C1=O. The smallest absolute Gasteiger partial charge is 0.325 e. The van der Waals surface area contributed by atoms with Crippen LogP contribution >= 0.6 is 0 Å². The number of ketones is 1. The fourth-order valence-electron chi connectivity index (χ4n) is 3.58. The number of furan rings is 1. The number of para-hydroxylation sites is 1. The summed E-state index contributed by atoms with van der Waals surface area (Å²) in [5.74, 6) is 0.197. The predicted molar refractivity (Wildman–Crippen MR) is 101 cm³/mol. The number of imide groups is 1. The van der Waals surface area contributed by atoms with Crippen molar-refractivity contribution in [3.63, 3.8) is 0 Å². The van der Waals surface area contributed by atoms with Crippen molar-refractivity contribution in [3.8, 4) is 11.5 Å². The third-order valence-electron chi connectivity index (χ3n) is 5.23. The first kappa shape index (κ1) is 17.3. The summed E-state index contributed by atoms with van der Waals surface area (Å²) in [6.45, 7) is 1.29. The highest BCUT2D eigenvalue weighted by molar-refractivity contribution is 6.11. The van der Waals surface area contributed by atoms with Gasteiger partial charge in [0.2, 0.25) is 12.6 Å². The van der Waals surface area contributed by atoms with E-state index in [-0.39, 0.29) is 12.6 Å². The molecule has 0 unspecified atom stereocenters. The Labute approximate surface area is 165 Å². The third-order valence-corrected chi connectivity index (χ3v) is 5.23. The van der Waals surface area contributed by atoms with Crippen molar-refractivity contribution in [2.45, 2.75) is 12.5 Å². The lowest BCUT2D eigenvalue weighted by atomic mass is 9.91. The second kappa shape index (κ2) is 6.10. The van der Waals surface area contributed by atoms with Crippen LogP contribution in [-0.4, -0.2) is 36.0 Å². The lowest BCUT2D eigenvalue weighted by molar-refractivity contribution is -0.130. The summed E-state index contributed by atoms with van der Waals surface area (Å²) in [6.07, 6.45) is 0. The monoisotopic (exact) mass is 392 g/mol. The van der Waals surface area contributed by atoms with E-state index in [1.54, 1.807) is 43.3 Å². The summed E-state index contributed by atoms with van der Waals surface area (Å²) >= 11 is 0. The first-order chi connectivity index (χ1) is 14.0. The van der Waals surface area contributed by atoms with Crippen LogP contribution in [0.2, 0.25) is 0 Å². The number of ether oxygens (including phenoxy) is 2. The van der Waals surface area contributed by atoms with Crippen molar-refractivity contribution in [1.82, 2.24) is 10.2 Å². The number of carbonyl (C=O) groups excluding carboxylic acids is 3. The van der Waals surface area contributed by atoms with Crippen LogP contribution in [0, 0.1) is 0 Å². The zero-order valence-corrected chi connectivity index (χ0v) is 15.4. The second-order valence-electron chi connectivity index (χ2n) is 7.09. The second-order valence-corrected chi connectivity index (χ2v) is 7.09. The molecule has 1 saturated heterocycles. The van der Waals surface area contributed by atoms with Crippen LogP contribution < -0.4 is 14.8 Å². The molecule has 1 fully saturated rings. The van der Waals surface area contributed by atoms with Gasteiger partial charge in [-0.15, -0.1) is 0 Å². The Balaban J connectivity index is 1.40. The van der Waals surface area contributed by atoms with Gasteiger partial charge in [-0.05, 0) is 36.8 Å². The lowest BCUT2D eigenvalue weighted by Gasteiger charge is -2.22. The largest absolute Gasteiger partial charge is 0.454 e. The molecule has 1 atom stereocenters. The maximum absolute atomic E-state index is 13.1. The first-order valence-corrected chi connectivity index (χ1v) is 9.02. The summed E-state index contributed by atoms with van der Waals surface area (Å²) < 4.78 is 16.2. The predicted octanol–water partition coefficient (Wildman–Crippen LogP) is 2.81.